The van der Waals surface area contributed by atoms with Crippen LogP contribution in [0, 0.1) is 0 Å². The first-order valence-corrected chi connectivity index (χ1v) is 8.26. The normalized spacial score (nSPS) is 23.7. The lowest BCUT2D eigenvalue weighted by atomic mass is 9.96. The molecule has 4 heteroatoms. The first kappa shape index (κ1) is 17.3. The molecule has 4 nitrogen and oxygen atoms in total. The monoisotopic (exact) mass is 308 g/mol. The molecule has 124 valence electrons. The van der Waals surface area contributed by atoms with E-state index in [1.165, 1.54) is 32.1 Å². The van der Waals surface area contributed by atoms with Gasteiger partial charge < -0.3 is 19.3 Å². The van der Waals surface area contributed by atoms with Crippen LogP contribution in [0.25, 0.3) is 0 Å². The van der Waals surface area contributed by atoms with Gasteiger partial charge in [0, 0.05) is 26.2 Å². The highest BCUT2D eigenvalue weighted by molar-refractivity contribution is 5.45. The maximum atomic E-state index is 10.1. The molecule has 0 saturated heterocycles. The molecular formula is C18H28O4. The van der Waals surface area contributed by atoms with Gasteiger partial charge in [0.2, 0.25) is 0 Å². The molecule has 1 N–H and O–H groups in total. The lowest BCUT2D eigenvalue weighted by Crippen LogP contribution is -2.28. The molecule has 0 fully saturated rings. The van der Waals surface area contributed by atoms with Crippen molar-refractivity contribution in [3.63, 3.8) is 0 Å². The third-order valence-electron chi connectivity index (χ3n) is 4.43. The van der Waals surface area contributed by atoms with E-state index in [0.717, 1.165) is 18.4 Å². The molecule has 1 aliphatic rings. The summed E-state index contributed by atoms with van der Waals surface area (Å²) in [5.74, 6) is -0.606. The fraction of sp³-hybridized carbons (Fsp3) is 0.667. The van der Waals surface area contributed by atoms with Gasteiger partial charge in [-0.15, -0.1) is 0 Å². The second-order valence-corrected chi connectivity index (χ2v) is 5.90. The number of benzene rings is 1. The zero-order valence-electron chi connectivity index (χ0n) is 13.9. The van der Waals surface area contributed by atoms with Gasteiger partial charge in [-0.25, -0.2) is 0 Å². The average molecular weight is 308 g/mol. The van der Waals surface area contributed by atoms with Crippen molar-refractivity contribution in [3.05, 3.63) is 29.3 Å². The van der Waals surface area contributed by atoms with E-state index in [2.05, 4.69) is 6.92 Å². The molecule has 0 amide bonds. The predicted molar refractivity (Wildman–Crippen MR) is 85.6 cm³/mol. The fourth-order valence-corrected chi connectivity index (χ4v) is 3.19. The number of aromatic hydroxyl groups is 1. The van der Waals surface area contributed by atoms with E-state index in [1.807, 2.05) is 12.1 Å². The molecule has 0 unspecified atom stereocenters. The zero-order valence-corrected chi connectivity index (χ0v) is 13.9. The van der Waals surface area contributed by atoms with Crippen LogP contribution in [0.5, 0.6) is 5.75 Å². The van der Waals surface area contributed by atoms with E-state index < -0.39 is 12.1 Å². The van der Waals surface area contributed by atoms with Crippen LogP contribution in [0.3, 0.4) is 0 Å². The number of fused-ring (bicyclic) bond motifs is 1. The number of hydrogen-bond acceptors (Lipinski definition) is 4. The highest BCUT2D eigenvalue weighted by atomic mass is 16.8. The van der Waals surface area contributed by atoms with E-state index in [1.54, 1.807) is 20.3 Å². The summed E-state index contributed by atoms with van der Waals surface area (Å²) in [4.78, 5) is 0. The summed E-state index contributed by atoms with van der Waals surface area (Å²) in [6, 6.07) is 5.43. The van der Waals surface area contributed by atoms with Crippen molar-refractivity contribution in [2.24, 2.45) is 0 Å². The van der Waals surface area contributed by atoms with Crippen LogP contribution >= 0.6 is 0 Å². The summed E-state index contributed by atoms with van der Waals surface area (Å²) in [5.41, 5.74) is 1.58. The Bertz CT molecular complexity index is 474. The Balaban J connectivity index is 2.06. The number of methoxy groups -OCH3 is 2. The topological polar surface area (TPSA) is 47.9 Å². The Morgan fingerprint density at radius 3 is 2.55 bits per heavy atom. The van der Waals surface area contributed by atoms with Crippen LogP contribution in [0.4, 0.5) is 0 Å². The Morgan fingerprint density at radius 2 is 1.86 bits per heavy atom. The van der Waals surface area contributed by atoms with Crippen LogP contribution in [-0.2, 0) is 20.0 Å². The molecule has 0 saturated carbocycles. The molecular weight excluding hydrogens is 280 g/mol. The number of phenols is 1. The Labute approximate surface area is 133 Å². The third-order valence-corrected chi connectivity index (χ3v) is 4.43. The van der Waals surface area contributed by atoms with Crippen LogP contribution in [-0.4, -0.2) is 19.3 Å². The van der Waals surface area contributed by atoms with Crippen molar-refractivity contribution in [2.45, 2.75) is 63.9 Å². The van der Waals surface area contributed by atoms with E-state index >= 15 is 0 Å². The third kappa shape index (κ3) is 3.45. The number of phenolic OH excluding ortho intramolecular Hbond substituents is 1. The van der Waals surface area contributed by atoms with Crippen molar-refractivity contribution in [2.75, 3.05) is 14.2 Å². The zero-order chi connectivity index (χ0) is 16.0. The van der Waals surface area contributed by atoms with E-state index in [4.69, 9.17) is 14.2 Å². The molecule has 2 rings (SSSR count). The summed E-state index contributed by atoms with van der Waals surface area (Å²) < 4.78 is 17.1. The Hall–Kier alpha value is -1.10. The second-order valence-electron chi connectivity index (χ2n) is 5.90. The maximum absolute atomic E-state index is 10.1. The molecule has 0 aliphatic carbocycles. The maximum Gasteiger partial charge on any atom is 0.198 e. The van der Waals surface area contributed by atoms with Gasteiger partial charge in [0.05, 0.1) is 5.56 Å². The van der Waals surface area contributed by atoms with Gasteiger partial charge in [-0.3, -0.25) is 0 Å². The van der Waals surface area contributed by atoms with E-state index in [0.29, 0.717) is 5.56 Å². The minimum atomic E-state index is -0.806. The Kier molecular flexibility index (Phi) is 6.24. The van der Waals surface area contributed by atoms with Crippen molar-refractivity contribution < 1.29 is 19.3 Å². The van der Waals surface area contributed by atoms with Gasteiger partial charge in [0.15, 0.2) is 12.1 Å². The van der Waals surface area contributed by atoms with Gasteiger partial charge in [0.25, 0.3) is 0 Å². The molecule has 0 spiro atoms. The lowest BCUT2D eigenvalue weighted by Gasteiger charge is -2.28. The molecule has 22 heavy (non-hydrogen) atoms. The molecule has 1 heterocycles. The SMILES string of the molecule is CCCCCCCC[C@]1(OC)O[C@H](OC)c2c(O)cccc21. The van der Waals surface area contributed by atoms with Crippen molar-refractivity contribution in [1.29, 1.82) is 0 Å². The number of rotatable bonds is 9. The smallest absolute Gasteiger partial charge is 0.198 e. The number of ether oxygens (including phenoxy) is 3. The highest BCUT2D eigenvalue weighted by Crippen LogP contribution is 2.50. The fourth-order valence-electron chi connectivity index (χ4n) is 3.19. The standard InChI is InChI=1S/C18H28O4/c1-4-5-6-7-8-9-13-18(21-3)14-11-10-12-15(19)16(14)17(20-2)22-18/h10-12,17,19H,4-9,13H2,1-3H3/t17-,18-/m0/s1. The molecule has 0 aromatic heterocycles. The molecule has 1 aliphatic heterocycles. The van der Waals surface area contributed by atoms with Crippen LogP contribution in [0.2, 0.25) is 0 Å². The van der Waals surface area contributed by atoms with Gasteiger partial charge in [-0.05, 0) is 12.5 Å². The molecule has 1 aromatic carbocycles. The summed E-state index contributed by atoms with van der Waals surface area (Å²) in [6.45, 7) is 2.22. The lowest BCUT2D eigenvalue weighted by molar-refractivity contribution is -0.292. The van der Waals surface area contributed by atoms with Gasteiger partial charge in [-0.1, -0.05) is 51.2 Å². The first-order valence-electron chi connectivity index (χ1n) is 8.26. The van der Waals surface area contributed by atoms with Crippen LogP contribution in [0.15, 0.2) is 18.2 Å². The molecule has 1 aromatic rings. The predicted octanol–water partition coefficient (Wildman–Crippen LogP) is 4.62. The quantitative estimate of drug-likeness (QED) is 0.676. The second kappa shape index (κ2) is 7.95. The summed E-state index contributed by atoms with van der Waals surface area (Å²) in [7, 11) is 3.24. The van der Waals surface area contributed by atoms with E-state index in [9.17, 15) is 5.11 Å². The average Bonchev–Trinajstić information content (AvgIpc) is 2.87. The van der Waals surface area contributed by atoms with Crippen LogP contribution < -0.4 is 0 Å². The van der Waals surface area contributed by atoms with E-state index in [-0.39, 0.29) is 5.75 Å². The largest absolute Gasteiger partial charge is 0.507 e. The minimum absolute atomic E-state index is 0.200. The van der Waals surface area contributed by atoms with Gasteiger partial charge in [0.1, 0.15) is 5.75 Å². The summed E-state index contributed by atoms with van der Waals surface area (Å²) in [5, 5.41) is 10.1. The first-order chi connectivity index (χ1) is 10.7. The molecule has 0 bridgehead atoms. The Morgan fingerprint density at radius 1 is 1.14 bits per heavy atom. The minimum Gasteiger partial charge on any atom is -0.507 e. The highest BCUT2D eigenvalue weighted by Gasteiger charge is 2.46. The van der Waals surface area contributed by atoms with Gasteiger partial charge in [-0.2, -0.15) is 0 Å². The van der Waals surface area contributed by atoms with Crippen molar-refractivity contribution in [3.8, 4) is 5.75 Å². The van der Waals surface area contributed by atoms with Crippen LogP contribution in [0.1, 0.15) is 69.3 Å². The summed E-state index contributed by atoms with van der Waals surface area (Å²) >= 11 is 0. The summed E-state index contributed by atoms with van der Waals surface area (Å²) in [6.07, 6.45) is 7.48. The molecule has 2 atom stereocenters. The molecule has 0 radical (unpaired) electrons. The number of unbranched alkanes of at least 4 members (excludes halogenated alkanes) is 5. The van der Waals surface area contributed by atoms with Gasteiger partial charge >= 0.3 is 0 Å². The van der Waals surface area contributed by atoms with Crippen molar-refractivity contribution >= 4 is 0 Å². The van der Waals surface area contributed by atoms with Crippen molar-refractivity contribution in [1.82, 2.24) is 0 Å². The number of hydrogen-bond donors (Lipinski definition) is 1.